The molecule has 4 nitrogen and oxygen atoms in total. The number of benzene rings is 1. The highest BCUT2D eigenvalue weighted by Gasteiger charge is 2.27. The summed E-state index contributed by atoms with van der Waals surface area (Å²) in [6.07, 6.45) is 4.47. The van der Waals surface area contributed by atoms with Gasteiger partial charge in [0, 0.05) is 24.2 Å². The zero-order chi connectivity index (χ0) is 14.5. The molecule has 1 fully saturated rings. The van der Waals surface area contributed by atoms with E-state index < -0.39 is 11.9 Å². The number of nitrogens with zero attached hydrogens (tertiary/aromatic N) is 1. The lowest BCUT2D eigenvalue weighted by atomic mass is 9.98. The van der Waals surface area contributed by atoms with Crippen molar-refractivity contribution in [3.63, 3.8) is 0 Å². The van der Waals surface area contributed by atoms with Gasteiger partial charge in [0.05, 0.1) is 5.92 Å². The van der Waals surface area contributed by atoms with Crippen molar-refractivity contribution in [2.24, 2.45) is 5.92 Å². The van der Waals surface area contributed by atoms with Crippen LogP contribution < -0.4 is 0 Å². The first kappa shape index (κ1) is 14.6. The fourth-order valence-electron chi connectivity index (χ4n) is 2.26. The summed E-state index contributed by atoms with van der Waals surface area (Å²) < 4.78 is 0. The highest BCUT2D eigenvalue weighted by atomic mass is 35.5. The van der Waals surface area contributed by atoms with E-state index in [1.54, 1.807) is 17.0 Å². The Labute approximate surface area is 122 Å². The van der Waals surface area contributed by atoms with Crippen molar-refractivity contribution in [1.82, 2.24) is 4.90 Å². The maximum absolute atomic E-state index is 12.1. The maximum Gasteiger partial charge on any atom is 0.308 e. The Morgan fingerprint density at radius 2 is 2.10 bits per heavy atom. The average Bonchev–Trinajstić information content (AvgIpc) is 2.46. The number of piperidine rings is 1. The van der Waals surface area contributed by atoms with Gasteiger partial charge in [0.15, 0.2) is 0 Å². The SMILES string of the molecule is O=C(O)[C@H]1CCCN(C(=O)/C=C/c2ccccc2Cl)C1. The lowest BCUT2D eigenvalue weighted by Crippen LogP contribution is -2.41. The van der Waals surface area contributed by atoms with Gasteiger partial charge in [-0.25, -0.2) is 0 Å². The Balaban J connectivity index is 2.01. The van der Waals surface area contributed by atoms with Gasteiger partial charge in [0.25, 0.3) is 0 Å². The van der Waals surface area contributed by atoms with Gasteiger partial charge in [-0.2, -0.15) is 0 Å². The lowest BCUT2D eigenvalue weighted by Gasteiger charge is -2.29. The van der Waals surface area contributed by atoms with Crippen LogP contribution in [0.15, 0.2) is 30.3 Å². The molecule has 1 aliphatic heterocycles. The van der Waals surface area contributed by atoms with Gasteiger partial charge < -0.3 is 10.0 Å². The van der Waals surface area contributed by atoms with E-state index in [1.165, 1.54) is 6.08 Å². The van der Waals surface area contributed by atoms with Crippen LogP contribution in [0.3, 0.4) is 0 Å². The number of carboxylic acids is 1. The van der Waals surface area contributed by atoms with Crippen LogP contribution in [0, 0.1) is 5.92 Å². The van der Waals surface area contributed by atoms with Crippen LogP contribution in [0.4, 0.5) is 0 Å². The summed E-state index contributed by atoms with van der Waals surface area (Å²) in [6.45, 7) is 0.885. The molecule has 0 saturated carbocycles. The number of aliphatic carboxylic acids is 1. The van der Waals surface area contributed by atoms with Crippen molar-refractivity contribution in [1.29, 1.82) is 0 Å². The number of carbonyl (C=O) groups excluding carboxylic acids is 1. The minimum atomic E-state index is -0.836. The third-order valence-corrected chi connectivity index (χ3v) is 3.74. The molecule has 1 amide bonds. The second-order valence-corrected chi connectivity index (χ2v) is 5.22. The van der Waals surface area contributed by atoms with Crippen molar-refractivity contribution in [2.45, 2.75) is 12.8 Å². The number of carbonyl (C=O) groups is 2. The third kappa shape index (κ3) is 3.61. The monoisotopic (exact) mass is 293 g/mol. The molecule has 1 saturated heterocycles. The molecule has 1 aromatic rings. The van der Waals surface area contributed by atoms with E-state index in [0.29, 0.717) is 18.0 Å². The molecule has 0 aromatic heterocycles. The molecule has 106 valence electrons. The summed E-state index contributed by atoms with van der Waals surface area (Å²) in [5.74, 6) is -1.46. The van der Waals surface area contributed by atoms with Crippen molar-refractivity contribution in [2.75, 3.05) is 13.1 Å². The first-order valence-corrected chi connectivity index (χ1v) is 6.90. The molecular weight excluding hydrogens is 278 g/mol. The minimum absolute atomic E-state index is 0.170. The van der Waals surface area contributed by atoms with Gasteiger partial charge in [-0.05, 0) is 30.5 Å². The van der Waals surface area contributed by atoms with Crippen LogP contribution in [-0.4, -0.2) is 35.0 Å². The maximum atomic E-state index is 12.1. The summed E-state index contributed by atoms with van der Waals surface area (Å²) in [5.41, 5.74) is 0.773. The van der Waals surface area contributed by atoms with Crippen LogP contribution in [0.5, 0.6) is 0 Å². The number of hydrogen-bond donors (Lipinski definition) is 1. The molecule has 0 bridgehead atoms. The van der Waals surface area contributed by atoms with Crippen molar-refractivity contribution < 1.29 is 14.7 Å². The molecule has 20 heavy (non-hydrogen) atoms. The average molecular weight is 294 g/mol. The number of halogens is 1. The van der Waals surface area contributed by atoms with Crippen molar-refractivity contribution in [3.8, 4) is 0 Å². The molecule has 5 heteroatoms. The topological polar surface area (TPSA) is 57.6 Å². The van der Waals surface area contributed by atoms with E-state index in [0.717, 1.165) is 12.0 Å². The molecule has 0 unspecified atom stereocenters. The predicted molar refractivity (Wildman–Crippen MR) is 77.4 cm³/mol. The van der Waals surface area contributed by atoms with Gasteiger partial charge in [-0.15, -0.1) is 0 Å². The number of amides is 1. The quantitative estimate of drug-likeness (QED) is 0.872. The lowest BCUT2D eigenvalue weighted by molar-refractivity contribution is -0.144. The van der Waals surface area contributed by atoms with E-state index in [4.69, 9.17) is 16.7 Å². The van der Waals surface area contributed by atoms with Gasteiger partial charge in [0.1, 0.15) is 0 Å². The fraction of sp³-hybridized carbons (Fsp3) is 0.333. The van der Waals surface area contributed by atoms with E-state index in [2.05, 4.69) is 0 Å². The molecular formula is C15H16ClNO3. The summed E-state index contributed by atoms with van der Waals surface area (Å²) in [6, 6.07) is 7.25. The summed E-state index contributed by atoms with van der Waals surface area (Å²) >= 11 is 6.00. The summed E-state index contributed by atoms with van der Waals surface area (Å²) in [7, 11) is 0. The number of carboxylic acid groups (broad SMARTS) is 1. The molecule has 0 aliphatic carbocycles. The predicted octanol–water partition coefficient (Wildman–Crippen LogP) is 2.68. The van der Waals surface area contributed by atoms with Gasteiger partial charge in [-0.1, -0.05) is 29.8 Å². The Bertz CT molecular complexity index is 542. The van der Waals surface area contributed by atoms with E-state index in [-0.39, 0.29) is 12.5 Å². The number of hydrogen-bond acceptors (Lipinski definition) is 2. The highest BCUT2D eigenvalue weighted by Crippen LogP contribution is 2.19. The third-order valence-electron chi connectivity index (χ3n) is 3.39. The Morgan fingerprint density at radius 1 is 1.35 bits per heavy atom. The summed E-state index contributed by atoms with van der Waals surface area (Å²) in [5, 5.41) is 9.59. The molecule has 1 aromatic carbocycles. The van der Waals surface area contributed by atoms with Crippen LogP contribution in [-0.2, 0) is 9.59 Å². The second kappa shape index (κ2) is 6.57. The summed E-state index contributed by atoms with van der Waals surface area (Å²) in [4.78, 5) is 24.6. The molecule has 1 N–H and O–H groups in total. The van der Waals surface area contributed by atoms with Crippen LogP contribution in [0.1, 0.15) is 18.4 Å². The molecule has 1 aliphatic rings. The Hall–Kier alpha value is -1.81. The van der Waals surface area contributed by atoms with Crippen LogP contribution in [0.25, 0.3) is 6.08 Å². The molecule has 0 spiro atoms. The first-order chi connectivity index (χ1) is 9.58. The highest BCUT2D eigenvalue weighted by molar-refractivity contribution is 6.32. The zero-order valence-electron chi connectivity index (χ0n) is 11.0. The normalized spacial score (nSPS) is 19.2. The van der Waals surface area contributed by atoms with Gasteiger partial charge in [-0.3, -0.25) is 9.59 Å². The Kier molecular flexibility index (Phi) is 4.79. The molecule has 0 radical (unpaired) electrons. The number of rotatable bonds is 3. The van der Waals surface area contributed by atoms with Gasteiger partial charge >= 0.3 is 5.97 Å². The first-order valence-electron chi connectivity index (χ1n) is 6.52. The smallest absolute Gasteiger partial charge is 0.308 e. The second-order valence-electron chi connectivity index (χ2n) is 4.82. The van der Waals surface area contributed by atoms with E-state index >= 15 is 0 Å². The van der Waals surface area contributed by atoms with Crippen molar-refractivity contribution in [3.05, 3.63) is 40.9 Å². The minimum Gasteiger partial charge on any atom is -0.481 e. The van der Waals surface area contributed by atoms with E-state index in [9.17, 15) is 9.59 Å². The van der Waals surface area contributed by atoms with Crippen molar-refractivity contribution >= 4 is 29.6 Å². The van der Waals surface area contributed by atoms with Crippen LogP contribution >= 0.6 is 11.6 Å². The largest absolute Gasteiger partial charge is 0.481 e. The standard InChI is InChI=1S/C15H16ClNO3/c16-13-6-2-1-4-11(13)7-8-14(18)17-9-3-5-12(10-17)15(19)20/h1-2,4,6-8,12H,3,5,9-10H2,(H,19,20)/b8-7+/t12-/m0/s1. The number of likely N-dealkylation sites (tertiary alicyclic amines) is 1. The Morgan fingerprint density at radius 3 is 2.80 bits per heavy atom. The fourth-order valence-corrected chi connectivity index (χ4v) is 2.45. The van der Waals surface area contributed by atoms with Crippen LogP contribution in [0.2, 0.25) is 5.02 Å². The molecule has 1 heterocycles. The van der Waals surface area contributed by atoms with Gasteiger partial charge in [0.2, 0.25) is 5.91 Å². The zero-order valence-corrected chi connectivity index (χ0v) is 11.7. The van der Waals surface area contributed by atoms with E-state index in [1.807, 2.05) is 18.2 Å². The molecule has 1 atom stereocenters. The molecule has 2 rings (SSSR count).